The summed E-state index contributed by atoms with van der Waals surface area (Å²) in [6, 6.07) is 5.13. The lowest BCUT2D eigenvalue weighted by atomic mass is 10.3. The second-order valence-electron chi connectivity index (χ2n) is 4.18. The van der Waals surface area contributed by atoms with Crippen LogP contribution in [0.2, 0.25) is 10.0 Å². The third-order valence-electron chi connectivity index (χ3n) is 2.87. The Morgan fingerprint density at radius 1 is 1.30 bits per heavy atom. The number of methoxy groups -OCH3 is 1. The number of nitrogens with zero attached hydrogens (tertiary/aromatic N) is 1. The average molecular weight is 320 g/mol. The van der Waals surface area contributed by atoms with Crippen molar-refractivity contribution in [2.45, 2.75) is 13.3 Å². The van der Waals surface area contributed by atoms with E-state index in [0.717, 1.165) is 6.54 Å². The summed E-state index contributed by atoms with van der Waals surface area (Å²) in [6.45, 7) is 4.74. The zero-order valence-electron chi connectivity index (χ0n) is 11.7. The lowest BCUT2D eigenvalue weighted by Gasteiger charge is -2.20. The summed E-state index contributed by atoms with van der Waals surface area (Å²) in [6.07, 6.45) is 0.381. The molecule has 0 N–H and O–H groups in total. The number of likely N-dealkylation sites (N-methyl/N-ethyl adjacent to an activating group) is 1. The number of hydrogen-bond acceptors (Lipinski definition) is 4. The molecule has 20 heavy (non-hydrogen) atoms. The number of carbonyl (C=O) groups is 1. The molecular formula is C14H19Cl2NO3. The first kappa shape index (κ1) is 17.1. The summed E-state index contributed by atoms with van der Waals surface area (Å²) in [5.41, 5.74) is 0. The van der Waals surface area contributed by atoms with E-state index in [-0.39, 0.29) is 5.97 Å². The van der Waals surface area contributed by atoms with E-state index in [1.807, 2.05) is 6.92 Å². The van der Waals surface area contributed by atoms with Gasteiger partial charge in [-0.1, -0.05) is 30.1 Å². The van der Waals surface area contributed by atoms with Gasteiger partial charge in [0.2, 0.25) is 0 Å². The van der Waals surface area contributed by atoms with Gasteiger partial charge >= 0.3 is 5.97 Å². The first-order valence-electron chi connectivity index (χ1n) is 6.43. The van der Waals surface area contributed by atoms with Crippen molar-refractivity contribution in [2.24, 2.45) is 0 Å². The second kappa shape index (κ2) is 9.06. The van der Waals surface area contributed by atoms with Gasteiger partial charge in [-0.2, -0.15) is 0 Å². The summed E-state index contributed by atoms with van der Waals surface area (Å²) in [4.78, 5) is 13.2. The van der Waals surface area contributed by atoms with Crippen molar-refractivity contribution in [1.82, 2.24) is 4.90 Å². The number of rotatable bonds is 8. The van der Waals surface area contributed by atoms with Crippen molar-refractivity contribution in [2.75, 3.05) is 33.4 Å². The lowest BCUT2D eigenvalue weighted by molar-refractivity contribution is -0.141. The van der Waals surface area contributed by atoms with Gasteiger partial charge in [0.15, 0.2) is 0 Å². The Morgan fingerprint density at radius 2 is 2.05 bits per heavy atom. The summed E-state index contributed by atoms with van der Waals surface area (Å²) >= 11 is 11.8. The van der Waals surface area contributed by atoms with E-state index in [9.17, 15) is 4.79 Å². The molecule has 6 heteroatoms. The molecule has 0 aliphatic carbocycles. The first-order chi connectivity index (χ1) is 9.56. The fourth-order valence-electron chi connectivity index (χ4n) is 1.66. The van der Waals surface area contributed by atoms with Gasteiger partial charge in [-0.3, -0.25) is 9.69 Å². The van der Waals surface area contributed by atoms with Gasteiger partial charge < -0.3 is 9.47 Å². The molecule has 0 aliphatic heterocycles. The van der Waals surface area contributed by atoms with Crippen LogP contribution >= 0.6 is 23.2 Å². The van der Waals surface area contributed by atoms with Gasteiger partial charge in [0.1, 0.15) is 12.4 Å². The van der Waals surface area contributed by atoms with Crippen molar-refractivity contribution in [3.8, 4) is 5.75 Å². The third-order valence-corrected chi connectivity index (χ3v) is 3.40. The molecule has 4 nitrogen and oxygen atoms in total. The molecule has 1 aromatic rings. The monoisotopic (exact) mass is 319 g/mol. The van der Waals surface area contributed by atoms with E-state index < -0.39 is 0 Å². The summed E-state index contributed by atoms with van der Waals surface area (Å²) in [5, 5.41) is 1.07. The van der Waals surface area contributed by atoms with E-state index in [4.69, 9.17) is 27.9 Å². The highest BCUT2D eigenvalue weighted by Gasteiger charge is 2.08. The van der Waals surface area contributed by atoms with Crippen LogP contribution in [0.3, 0.4) is 0 Å². The number of hydrogen-bond donors (Lipinski definition) is 0. The molecule has 0 spiro atoms. The molecule has 0 aromatic heterocycles. The van der Waals surface area contributed by atoms with Gasteiger partial charge in [0, 0.05) is 18.1 Å². The quantitative estimate of drug-likeness (QED) is 0.689. The molecule has 0 unspecified atom stereocenters. The number of carbonyl (C=O) groups excluding carboxylic acids is 1. The number of halogens is 2. The van der Waals surface area contributed by atoms with Gasteiger partial charge in [-0.15, -0.1) is 0 Å². The maximum absolute atomic E-state index is 11.1. The van der Waals surface area contributed by atoms with Crippen LogP contribution in [0.1, 0.15) is 13.3 Å². The molecule has 0 saturated heterocycles. The maximum atomic E-state index is 11.1. The molecule has 1 rings (SSSR count). The fraction of sp³-hybridized carbons (Fsp3) is 0.500. The minimum absolute atomic E-state index is 0.204. The van der Waals surface area contributed by atoms with Crippen LogP contribution in [0.15, 0.2) is 18.2 Å². The van der Waals surface area contributed by atoms with Crippen molar-refractivity contribution in [3.63, 3.8) is 0 Å². The topological polar surface area (TPSA) is 38.8 Å². The van der Waals surface area contributed by atoms with Crippen LogP contribution in [0.5, 0.6) is 5.75 Å². The molecule has 0 radical (unpaired) electrons. The van der Waals surface area contributed by atoms with Crippen molar-refractivity contribution in [3.05, 3.63) is 28.2 Å². The predicted octanol–water partition coefficient (Wildman–Crippen LogP) is 3.26. The molecule has 0 amide bonds. The molecule has 0 fully saturated rings. The summed E-state index contributed by atoms with van der Waals surface area (Å²) in [7, 11) is 1.39. The second-order valence-corrected chi connectivity index (χ2v) is 5.03. The SMILES string of the molecule is CCN(CCOc1ccc(Cl)cc1Cl)CCC(=O)OC. The Balaban J connectivity index is 2.35. The Bertz CT molecular complexity index is 440. The third kappa shape index (κ3) is 5.99. The van der Waals surface area contributed by atoms with Crippen LogP contribution < -0.4 is 4.74 Å². The molecule has 1 aromatic carbocycles. The van der Waals surface area contributed by atoms with Crippen LogP contribution in [0.25, 0.3) is 0 Å². The van der Waals surface area contributed by atoms with Crippen LogP contribution in [-0.4, -0.2) is 44.2 Å². The largest absolute Gasteiger partial charge is 0.491 e. The Morgan fingerprint density at radius 3 is 2.65 bits per heavy atom. The normalized spacial score (nSPS) is 10.7. The Kier molecular flexibility index (Phi) is 7.73. The first-order valence-corrected chi connectivity index (χ1v) is 7.19. The van der Waals surface area contributed by atoms with E-state index >= 15 is 0 Å². The maximum Gasteiger partial charge on any atom is 0.306 e. The molecule has 0 heterocycles. The molecule has 0 atom stereocenters. The van der Waals surface area contributed by atoms with Gasteiger partial charge in [0.25, 0.3) is 0 Å². The minimum Gasteiger partial charge on any atom is -0.491 e. The molecule has 0 saturated carbocycles. The lowest BCUT2D eigenvalue weighted by Crippen LogP contribution is -2.30. The predicted molar refractivity (Wildman–Crippen MR) is 80.7 cm³/mol. The fourth-order valence-corrected chi connectivity index (χ4v) is 2.12. The molecular weight excluding hydrogens is 301 g/mol. The van der Waals surface area contributed by atoms with E-state index in [1.165, 1.54) is 7.11 Å². The van der Waals surface area contributed by atoms with Gasteiger partial charge in [0.05, 0.1) is 18.6 Å². The highest BCUT2D eigenvalue weighted by molar-refractivity contribution is 6.35. The van der Waals surface area contributed by atoms with E-state index in [2.05, 4.69) is 9.64 Å². The van der Waals surface area contributed by atoms with Crippen molar-refractivity contribution < 1.29 is 14.3 Å². The Labute approximate surface area is 129 Å². The highest BCUT2D eigenvalue weighted by atomic mass is 35.5. The van der Waals surface area contributed by atoms with Gasteiger partial charge in [-0.05, 0) is 24.7 Å². The zero-order valence-corrected chi connectivity index (χ0v) is 13.2. The van der Waals surface area contributed by atoms with Crippen molar-refractivity contribution in [1.29, 1.82) is 0 Å². The van der Waals surface area contributed by atoms with Gasteiger partial charge in [-0.25, -0.2) is 0 Å². The molecule has 0 aliphatic rings. The van der Waals surface area contributed by atoms with E-state index in [0.29, 0.717) is 41.9 Å². The highest BCUT2D eigenvalue weighted by Crippen LogP contribution is 2.27. The van der Waals surface area contributed by atoms with Crippen molar-refractivity contribution >= 4 is 29.2 Å². The smallest absolute Gasteiger partial charge is 0.306 e. The van der Waals surface area contributed by atoms with Crippen LogP contribution in [-0.2, 0) is 9.53 Å². The zero-order chi connectivity index (χ0) is 15.0. The standard InChI is InChI=1S/C14H19Cl2NO3/c1-3-17(7-6-14(18)19-2)8-9-20-13-5-4-11(15)10-12(13)16/h4-5,10H,3,6-9H2,1-2H3. The average Bonchev–Trinajstić information content (AvgIpc) is 2.44. The summed E-state index contributed by atoms with van der Waals surface area (Å²) in [5.74, 6) is 0.408. The minimum atomic E-state index is -0.204. The number of benzene rings is 1. The number of esters is 1. The molecule has 112 valence electrons. The summed E-state index contributed by atoms with van der Waals surface area (Å²) < 4.78 is 10.2. The van der Waals surface area contributed by atoms with Crippen LogP contribution in [0.4, 0.5) is 0 Å². The molecule has 0 bridgehead atoms. The number of ether oxygens (including phenoxy) is 2. The van der Waals surface area contributed by atoms with E-state index in [1.54, 1.807) is 18.2 Å². The Hall–Kier alpha value is -0.970. The van der Waals surface area contributed by atoms with Crippen LogP contribution in [0, 0.1) is 0 Å².